The summed E-state index contributed by atoms with van der Waals surface area (Å²) in [5.41, 5.74) is 9.90. The monoisotopic (exact) mass is 300 g/mol. The topological polar surface area (TPSA) is 55.1 Å². The van der Waals surface area contributed by atoms with Crippen LogP contribution in [0.5, 0.6) is 0 Å². The van der Waals surface area contributed by atoms with Crippen LogP contribution in [0.15, 0.2) is 42.5 Å². The molecule has 1 atom stereocenters. The van der Waals surface area contributed by atoms with Crippen LogP contribution >= 0.6 is 11.6 Å². The molecule has 0 radical (unpaired) electrons. The number of halogens is 1. The number of nitrogens with one attached hydrogen (secondary N) is 1. The number of benzene rings is 2. The highest BCUT2D eigenvalue weighted by atomic mass is 35.5. The van der Waals surface area contributed by atoms with E-state index in [0.717, 1.165) is 41.6 Å². The number of rotatable bonds is 2. The van der Waals surface area contributed by atoms with Gasteiger partial charge in [-0.25, -0.2) is 0 Å². The van der Waals surface area contributed by atoms with Gasteiger partial charge in [0.05, 0.1) is 6.04 Å². The first-order valence-electron chi connectivity index (χ1n) is 7.08. The smallest absolute Gasteiger partial charge is 0.251 e. The van der Waals surface area contributed by atoms with Crippen molar-refractivity contribution >= 4 is 17.5 Å². The van der Waals surface area contributed by atoms with Gasteiger partial charge in [-0.1, -0.05) is 41.9 Å². The number of aryl methyl sites for hydroxylation is 1. The summed E-state index contributed by atoms with van der Waals surface area (Å²) >= 11 is 6.21. The maximum atomic E-state index is 12.1. The van der Waals surface area contributed by atoms with Gasteiger partial charge in [0.15, 0.2) is 0 Å². The van der Waals surface area contributed by atoms with Crippen molar-refractivity contribution < 1.29 is 4.79 Å². The molecule has 4 heteroatoms. The summed E-state index contributed by atoms with van der Waals surface area (Å²) in [7, 11) is 0. The predicted molar refractivity (Wildman–Crippen MR) is 84.6 cm³/mol. The predicted octanol–water partition coefficient (Wildman–Crippen LogP) is 3.06. The summed E-state index contributed by atoms with van der Waals surface area (Å²) in [6.45, 7) is 0.722. The molecule has 1 unspecified atom stereocenters. The summed E-state index contributed by atoms with van der Waals surface area (Å²) in [5.74, 6) is -0.0179. The molecule has 1 amide bonds. The van der Waals surface area contributed by atoms with E-state index in [9.17, 15) is 4.79 Å². The van der Waals surface area contributed by atoms with Crippen LogP contribution in [0.3, 0.4) is 0 Å². The average Bonchev–Trinajstić information content (AvgIpc) is 2.69. The third-order valence-electron chi connectivity index (χ3n) is 3.89. The quantitative estimate of drug-likeness (QED) is 0.895. The minimum absolute atomic E-state index is 0.0179. The standard InChI is InChI=1S/C17H17ClN2O/c18-15-6-2-1-5-13(15)16(19)12-8-7-11-4-3-9-20-17(21)14(11)10-12/h1-2,5-8,10,16H,3-4,9,19H2,(H,20,21). The van der Waals surface area contributed by atoms with Gasteiger partial charge in [-0.05, 0) is 41.7 Å². The summed E-state index contributed by atoms with van der Waals surface area (Å²) in [5, 5.41) is 3.56. The van der Waals surface area contributed by atoms with E-state index in [1.165, 1.54) is 0 Å². The lowest BCUT2D eigenvalue weighted by Gasteiger charge is -2.16. The molecule has 21 heavy (non-hydrogen) atoms. The Morgan fingerprint density at radius 1 is 1.19 bits per heavy atom. The van der Waals surface area contributed by atoms with Gasteiger partial charge in [0.1, 0.15) is 0 Å². The first-order chi connectivity index (χ1) is 10.2. The number of amides is 1. The summed E-state index contributed by atoms with van der Waals surface area (Å²) < 4.78 is 0. The molecule has 0 bridgehead atoms. The number of hydrogen-bond donors (Lipinski definition) is 2. The second-order valence-corrected chi connectivity index (χ2v) is 5.68. The molecule has 3 rings (SSSR count). The van der Waals surface area contributed by atoms with E-state index < -0.39 is 0 Å². The van der Waals surface area contributed by atoms with Crippen molar-refractivity contribution in [2.24, 2.45) is 5.73 Å². The van der Waals surface area contributed by atoms with Crippen LogP contribution in [0.2, 0.25) is 5.02 Å². The SMILES string of the molecule is NC(c1ccc2c(c1)C(=O)NCCC2)c1ccccc1Cl. The zero-order valence-electron chi connectivity index (χ0n) is 11.6. The Morgan fingerprint density at radius 2 is 2.00 bits per heavy atom. The molecular weight excluding hydrogens is 284 g/mol. The van der Waals surface area contributed by atoms with Crippen LogP contribution in [0.25, 0.3) is 0 Å². The van der Waals surface area contributed by atoms with Crippen molar-refractivity contribution in [1.29, 1.82) is 0 Å². The fourth-order valence-electron chi connectivity index (χ4n) is 2.70. The Labute approximate surface area is 129 Å². The molecule has 2 aromatic rings. The van der Waals surface area contributed by atoms with Crippen LogP contribution < -0.4 is 11.1 Å². The first-order valence-corrected chi connectivity index (χ1v) is 7.45. The van der Waals surface area contributed by atoms with Gasteiger partial charge >= 0.3 is 0 Å². The maximum Gasteiger partial charge on any atom is 0.251 e. The van der Waals surface area contributed by atoms with Gasteiger partial charge in [0, 0.05) is 17.1 Å². The van der Waals surface area contributed by atoms with Crippen LogP contribution in [0.1, 0.15) is 39.5 Å². The number of carbonyl (C=O) groups excluding carboxylic acids is 1. The van der Waals surface area contributed by atoms with E-state index in [1.807, 2.05) is 42.5 Å². The van der Waals surface area contributed by atoms with Crippen LogP contribution in [0.4, 0.5) is 0 Å². The molecule has 1 aliphatic rings. The van der Waals surface area contributed by atoms with Crippen molar-refractivity contribution in [2.45, 2.75) is 18.9 Å². The van der Waals surface area contributed by atoms with Crippen LogP contribution in [-0.4, -0.2) is 12.5 Å². The second-order valence-electron chi connectivity index (χ2n) is 5.28. The molecule has 0 saturated heterocycles. The van der Waals surface area contributed by atoms with Crippen molar-refractivity contribution in [2.75, 3.05) is 6.54 Å². The van der Waals surface area contributed by atoms with Gasteiger partial charge in [-0.15, -0.1) is 0 Å². The molecule has 3 nitrogen and oxygen atoms in total. The zero-order chi connectivity index (χ0) is 14.8. The third kappa shape index (κ3) is 2.80. The van der Waals surface area contributed by atoms with Crippen molar-refractivity contribution in [3.8, 4) is 0 Å². The Hall–Kier alpha value is -1.84. The third-order valence-corrected chi connectivity index (χ3v) is 4.23. The molecule has 1 heterocycles. The molecule has 108 valence electrons. The highest BCUT2D eigenvalue weighted by Crippen LogP contribution is 2.28. The lowest BCUT2D eigenvalue weighted by molar-refractivity contribution is 0.0956. The summed E-state index contributed by atoms with van der Waals surface area (Å²) in [4.78, 5) is 12.1. The second kappa shape index (κ2) is 5.88. The van der Waals surface area contributed by atoms with Crippen LogP contribution in [0, 0.1) is 0 Å². The molecule has 3 N–H and O–H groups in total. The Morgan fingerprint density at radius 3 is 2.81 bits per heavy atom. The van der Waals surface area contributed by atoms with E-state index >= 15 is 0 Å². The molecule has 0 aromatic heterocycles. The van der Waals surface area contributed by atoms with E-state index in [-0.39, 0.29) is 11.9 Å². The summed E-state index contributed by atoms with van der Waals surface area (Å²) in [6, 6.07) is 13.1. The molecule has 1 aliphatic heterocycles. The number of fused-ring (bicyclic) bond motifs is 1. The summed E-state index contributed by atoms with van der Waals surface area (Å²) in [6.07, 6.45) is 1.88. The largest absolute Gasteiger partial charge is 0.352 e. The minimum atomic E-state index is -0.333. The van der Waals surface area contributed by atoms with E-state index in [0.29, 0.717) is 5.02 Å². The van der Waals surface area contributed by atoms with Gasteiger partial charge in [-0.2, -0.15) is 0 Å². The van der Waals surface area contributed by atoms with Gasteiger partial charge < -0.3 is 11.1 Å². The lowest BCUT2D eigenvalue weighted by Crippen LogP contribution is -2.23. The number of nitrogens with two attached hydrogens (primary N) is 1. The molecule has 0 aliphatic carbocycles. The van der Waals surface area contributed by atoms with E-state index in [4.69, 9.17) is 17.3 Å². The van der Waals surface area contributed by atoms with Gasteiger partial charge in [-0.3, -0.25) is 4.79 Å². The highest BCUT2D eigenvalue weighted by molar-refractivity contribution is 6.31. The van der Waals surface area contributed by atoms with E-state index in [2.05, 4.69) is 5.32 Å². The normalized spacial score (nSPS) is 15.8. The average molecular weight is 301 g/mol. The Balaban J connectivity index is 2.00. The molecular formula is C17H17ClN2O. The minimum Gasteiger partial charge on any atom is -0.352 e. The lowest BCUT2D eigenvalue weighted by atomic mass is 9.94. The Bertz CT molecular complexity index is 684. The fourth-order valence-corrected chi connectivity index (χ4v) is 2.95. The van der Waals surface area contributed by atoms with Gasteiger partial charge in [0.2, 0.25) is 0 Å². The van der Waals surface area contributed by atoms with Crippen LogP contribution in [-0.2, 0) is 6.42 Å². The van der Waals surface area contributed by atoms with Gasteiger partial charge in [0.25, 0.3) is 5.91 Å². The molecule has 0 saturated carbocycles. The maximum absolute atomic E-state index is 12.1. The molecule has 0 spiro atoms. The van der Waals surface area contributed by atoms with Crippen molar-refractivity contribution in [3.05, 3.63) is 69.7 Å². The Kier molecular flexibility index (Phi) is 3.95. The van der Waals surface area contributed by atoms with Crippen molar-refractivity contribution in [1.82, 2.24) is 5.32 Å². The number of hydrogen-bond acceptors (Lipinski definition) is 2. The highest BCUT2D eigenvalue weighted by Gasteiger charge is 2.18. The van der Waals surface area contributed by atoms with Crippen molar-refractivity contribution in [3.63, 3.8) is 0 Å². The zero-order valence-corrected chi connectivity index (χ0v) is 12.4. The molecule has 2 aromatic carbocycles. The first kappa shape index (κ1) is 14.1. The molecule has 0 fully saturated rings. The fraction of sp³-hybridized carbons (Fsp3) is 0.235. The van der Waals surface area contributed by atoms with E-state index in [1.54, 1.807) is 0 Å². The number of carbonyl (C=O) groups is 1.